The molecule has 1 rings (SSSR count). The Morgan fingerprint density at radius 2 is 2.00 bits per heavy atom. The quantitative estimate of drug-likeness (QED) is 0.633. The van der Waals surface area contributed by atoms with E-state index in [1.165, 1.54) is 25.9 Å². The molecule has 4 heteroatoms. The van der Waals surface area contributed by atoms with Crippen molar-refractivity contribution in [2.45, 2.75) is 39.2 Å². The predicted molar refractivity (Wildman–Crippen MR) is 57.2 cm³/mol. The lowest BCUT2D eigenvalue weighted by atomic mass is 10.0. The fourth-order valence-electron chi connectivity index (χ4n) is 1.12. The monoisotopic (exact) mass is 202 g/mol. The van der Waals surface area contributed by atoms with E-state index in [2.05, 4.69) is 5.32 Å². The fourth-order valence-corrected chi connectivity index (χ4v) is 1.12. The van der Waals surface area contributed by atoms with Gasteiger partial charge in [-0.25, -0.2) is 0 Å². The van der Waals surface area contributed by atoms with Gasteiger partial charge in [0.2, 0.25) is 0 Å². The topological polar surface area (TPSA) is 75.3 Å². The third kappa shape index (κ3) is 5.94. The summed E-state index contributed by atoms with van der Waals surface area (Å²) in [5, 5.41) is 11.6. The SMILES string of the molecule is C1CCNC1.CCC(C)C(N)C(=O)O. The summed E-state index contributed by atoms with van der Waals surface area (Å²) in [6.07, 6.45) is 3.59. The highest BCUT2D eigenvalue weighted by atomic mass is 16.4. The number of carbonyl (C=O) groups is 1. The molecule has 0 radical (unpaired) electrons. The molecule has 0 aromatic carbocycles. The number of nitrogens with two attached hydrogens (primary N) is 1. The molecule has 4 N–H and O–H groups in total. The summed E-state index contributed by atoms with van der Waals surface area (Å²) < 4.78 is 0. The number of hydrogen-bond donors (Lipinski definition) is 3. The first-order valence-corrected chi connectivity index (χ1v) is 5.28. The maximum absolute atomic E-state index is 10.2. The molecule has 84 valence electrons. The Morgan fingerprint density at radius 3 is 2.14 bits per heavy atom. The summed E-state index contributed by atoms with van der Waals surface area (Å²) in [5.41, 5.74) is 5.27. The summed E-state index contributed by atoms with van der Waals surface area (Å²) in [7, 11) is 0. The lowest BCUT2D eigenvalue weighted by molar-refractivity contribution is -0.139. The normalized spacial score (nSPS) is 19.4. The van der Waals surface area contributed by atoms with Crippen molar-refractivity contribution in [2.24, 2.45) is 11.7 Å². The second-order valence-corrected chi connectivity index (χ2v) is 3.71. The van der Waals surface area contributed by atoms with Crippen LogP contribution in [0.5, 0.6) is 0 Å². The zero-order valence-electron chi connectivity index (χ0n) is 9.12. The molecule has 14 heavy (non-hydrogen) atoms. The van der Waals surface area contributed by atoms with Crippen LogP contribution in [0.25, 0.3) is 0 Å². The zero-order valence-corrected chi connectivity index (χ0v) is 9.12. The average Bonchev–Trinajstić information content (AvgIpc) is 2.73. The molecular weight excluding hydrogens is 180 g/mol. The molecule has 1 fully saturated rings. The van der Waals surface area contributed by atoms with Crippen LogP contribution in [0.1, 0.15) is 33.1 Å². The highest BCUT2D eigenvalue weighted by Gasteiger charge is 2.17. The molecule has 0 bridgehead atoms. The summed E-state index contributed by atoms with van der Waals surface area (Å²) in [5.74, 6) is -0.841. The molecule has 2 atom stereocenters. The standard InChI is InChI=1S/C6H13NO2.C4H9N/c1-3-4(2)5(7)6(8)9;1-2-4-5-3-1/h4-5H,3,7H2,1-2H3,(H,8,9);5H,1-4H2. The van der Waals surface area contributed by atoms with E-state index in [1.54, 1.807) is 0 Å². The molecule has 0 spiro atoms. The lowest BCUT2D eigenvalue weighted by Crippen LogP contribution is -2.36. The van der Waals surface area contributed by atoms with Gasteiger partial charge in [-0.2, -0.15) is 0 Å². The molecule has 0 aromatic rings. The van der Waals surface area contributed by atoms with E-state index < -0.39 is 12.0 Å². The highest BCUT2D eigenvalue weighted by molar-refractivity contribution is 5.73. The van der Waals surface area contributed by atoms with E-state index in [-0.39, 0.29) is 5.92 Å². The molecule has 0 amide bonds. The van der Waals surface area contributed by atoms with Gasteiger partial charge < -0.3 is 16.2 Å². The van der Waals surface area contributed by atoms with Crippen LogP contribution in [0.2, 0.25) is 0 Å². The Bertz CT molecular complexity index is 151. The third-order valence-electron chi connectivity index (χ3n) is 2.50. The van der Waals surface area contributed by atoms with Crippen LogP contribution in [0, 0.1) is 5.92 Å². The van der Waals surface area contributed by atoms with Gasteiger partial charge in [0.05, 0.1) is 0 Å². The van der Waals surface area contributed by atoms with Crippen LogP contribution in [-0.2, 0) is 4.79 Å². The molecule has 2 unspecified atom stereocenters. The van der Waals surface area contributed by atoms with Crippen LogP contribution in [0.15, 0.2) is 0 Å². The van der Waals surface area contributed by atoms with Crippen LogP contribution in [-0.4, -0.2) is 30.2 Å². The second-order valence-electron chi connectivity index (χ2n) is 3.71. The Morgan fingerprint density at radius 1 is 1.50 bits per heavy atom. The Kier molecular flexibility index (Phi) is 7.42. The van der Waals surface area contributed by atoms with Crippen LogP contribution >= 0.6 is 0 Å². The van der Waals surface area contributed by atoms with Gasteiger partial charge in [0.25, 0.3) is 0 Å². The number of hydrogen-bond acceptors (Lipinski definition) is 3. The van der Waals surface area contributed by atoms with Crippen molar-refractivity contribution in [1.82, 2.24) is 5.32 Å². The van der Waals surface area contributed by atoms with Gasteiger partial charge in [0.15, 0.2) is 0 Å². The highest BCUT2D eigenvalue weighted by Crippen LogP contribution is 2.04. The number of nitrogens with one attached hydrogen (secondary N) is 1. The van der Waals surface area contributed by atoms with Crippen molar-refractivity contribution in [1.29, 1.82) is 0 Å². The summed E-state index contributed by atoms with van der Waals surface area (Å²) in [4.78, 5) is 10.2. The van der Waals surface area contributed by atoms with Crippen LogP contribution < -0.4 is 11.1 Å². The minimum absolute atomic E-state index is 0.0718. The van der Waals surface area contributed by atoms with Crippen LogP contribution in [0.4, 0.5) is 0 Å². The van der Waals surface area contributed by atoms with Crippen molar-refractivity contribution in [3.05, 3.63) is 0 Å². The molecular formula is C10H22N2O2. The molecule has 1 saturated heterocycles. The lowest BCUT2D eigenvalue weighted by Gasteiger charge is -2.11. The number of aliphatic carboxylic acids is 1. The van der Waals surface area contributed by atoms with Gasteiger partial charge >= 0.3 is 5.97 Å². The minimum atomic E-state index is -0.913. The smallest absolute Gasteiger partial charge is 0.320 e. The largest absolute Gasteiger partial charge is 0.480 e. The zero-order chi connectivity index (χ0) is 11.0. The first-order valence-electron chi connectivity index (χ1n) is 5.28. The molecule has 0 aromatic heterocycles. The molecule has 4 nitrogen and oxygen atoms in total. The van der Waals surface area contributed by atoms with Gasteiger partial charge in [0, 0.05) is 0 Å². The molecule has 0 aliphatic carbocycles. The van der Waals surface area contributed by atoms with Gasteiger partial charge in [-0.1, -0.05) is 20.3 Å². The minimum Gasteiger partial charge on any atom is -0.480 e. The van der Waals surface area contributed by atoms with Gasteiger partial charge in [-0.3, -0.25) is 4.79 Å². The van der Waals surface area contributed by atoms with Crippen molar-refractivity contribution in [2.75, 3.05) is 13.1 Å². The number of carboxylic acids is 1. The third-order valence-corrected chi connectivity index (χ3v) is 2.50. The van der Waals surface area contributed by atoms with E-state index in [1.807, 2.05) is 13.8 Å². The molecule has 1 aliphatic rings. The Hall–Kier alpha value is -0.610. The molecule has 1 heterocycles. The summed E-state index contributed by atoms with van der Waals surface area (Å²) in [6.45, 7) is 6.26. The first-order chi connectivity index (χ1) is 6.59. The Balaban J connectivity index is 0.000000280. The predicted octanol–water partition coefficient (Wildman–Crippen LogP) is 0.814. The summed E-state index contributed by atoms with van der Waals surface area (Å²) >= 11 is 0. The van der Waals surface area contributed by atoms with E-state index >= 15 is 0 Å². The maximum atomic E-state index is 10.2. The molecule has 1 aliphatic heterocycles. The number of rotatable bonds is 3. The van der Waals surface area contributed by atoms with Crippen LogP contribution in [0.3, 0.4) is 0 Å². The maximum Gasteiger partial charge on any atom is 0.320 e. The van der Waals surface area contributed by atoms with E-state index in [0.717, 1.165) is 6.42 Å². The van der Waals surface area contributed by atoms with E-state index in [4.69, 9.17) is 10.8 Å². The first kappa shape index (κ1) is 13.4. The van der Waals surface area contributed by atoms with Gasteiger partial charge in [-0.15, -0.1) is 0 Å². The van der Waals surface area contributed by atoms with Crippen molar-refractivity contribution >= 4 is 5.97 Å². The van der Waals surface area contributed by atoms with Crippen molar-refractivity contribution < 1.29 is 9.90 Å². The summed E-state index contributed by atoms with van der Waals surface area (Å²) in [6, 6.07) is -0.699. The van der Waals surface area contributed by atoms with Gasteiger partial charge in [-0.05, 0) is 31.8 Å². The van der Waals surface area contributed by atoms with E-state index in [9.17, 15) is 4.79 Å². The van der Waals surface area contributed by atoms with Crippen molar-refractivity contribution in [3.8, 4) is 0 Å². The second kappa shape index (κ2) is 7.76. The van der Waals surface area contributed by atoms with Gasteiger partial charge in [0.1, 0.15) is 6.04 Å². The van der Waals surface area contributed by atoms with Crippen molar-refractivity contribution in [3.63, 3.8) is 0 Å². The fraction of sp³-hybridized carbons (Fsp3) is 0.900. The molecule has 0 saturated carbocycles. The van der Waals surface area contributed by atoms with E-state index in [0.29, 0.717) is 0 Å². The Labute approximate surface area is 85.9 Å². The average molecular weight is 202 g/mol. The number of carboxylic acid groups (broad SMARTS) is 1.